The lowest BCUT2D eigenvalue weighted by Gasteiger charge is -2.14. The second-order valence-electron chi connectivity index (χ2n) is 2.92. The maximum absolute atomic E-state index is 10.4. The van der Waals surface area contributed by atoms with E-state index >= 15 is 0 Å². The minimum Gasteiger partial charge on any atom is -0.390 e. The zero-order chi connectivity index (χ0) is 11.4. The topological polar surface area (TPSA) is 83.6 Å². The van der Waals surface area contributed by atoms with Crippen LogP contribution in [0.3, 0.4) is 0 Å². The van der Waals surface area contributed by atoms with Crippen LogP contribution in [0.5, 0.6) is 0 Å². The summed E-state index contributed by atoms with van der Waals surface area (Å²) in [6.45, 7) is 0. The predicted octanol–water partition coefficient (Wildman–Crippen LogP) is 1.68. The van der Waals surface area contributed by atoms with Gasteiger partial charge in [-0.3, -0.25) is 10.1 Å². The molecule has 7 heteroatoms. The van der Waals surface area contributed by atoms with Gasteiger partial charge in [-0.1, -0.05) is 11.3 Å². The number of hydrogen-bond acceptors (Lipinski definition) is 5. The molecule has 1 aromatic rings. The number of rotatable bonds is 5. The van der Waals surface area contributed by atoms with Crippen molar-refractivity contribution in [2.75, 3.05) is 5.88 Å². The Morgan fingerprint density at radius 2 is 2.20 bits per heavy atom. The molecule has 0 aliphatic rings. The molecule has 0 bridgehead atoms. The van der Waals surface area contributed by atoms with Gasteiger partial charge < -0.3 is 10.2 Å². The molecule has 2 atom stereocenters. The van der Waals surface area contributed by atoms with Gasteiger partial charge in [-0.15, -0.1) is 11.6 Å². The zero-order valence-corrected chi connectivity index (χ0v) is 9.24. The number of halogens is 1. The number of alkyl halides is 1. The molecule has 2 N–H and O–H groups in total. The van der Waals surface area contributed by atoms with E-state index in [2.05, 4.69) is 0 Å². The Labute approximate surface area is 95.1 Å². The average Bonchev–Trinajstić information content (AvgIpc) is 2.65. The highest BCUT2D eigenvalue weighted by Gasteiger charge is 2.21. The molecule has 1 heterocycles. The van der Waals surface area contributed by atoms with E-state index in [4.69, 9.17) is 11.6 Å². The number of thiophene rings is 1. The highest BCUT2D eigenvalue weighted by Crippen LogP contribution is 2.31. The molecular weight excluding hydrogens is 242 g/mol. The number of aliphatic hydroxyl groups is 2. The van der Waals surface area contributed by atoms with E-state index in [1.165, 1.54) is 12.1 Å². The molecule has 0 radical (unpaired) electrons. The molecule has 5 nitrogen and oxygen atoms in total. The smallest absolute Gasteiger partial charge is 0.324 e. The third-order valence-corrected chi connectivity index (χ3v) is 3.18. The van der Waals surface area contributed by atoms with Crippen LogP contribution in [-0.4, -0.2) is 27.1 Å². The van der Waals surface area contributed by atoms with Gasteiger partial charge in [-0.2, -0.15) is 0 Å². The Morgan fingerprint density at radius 3 is 2.67 bits per heavy atom. The van der Waals surface area contributed by atoms with Gasteiger partial charge in [-0.25, -0.2) is 0 Å². The van der Waals surface area contributed by atoms with Gasteiger partial charge in [-0.05, 0) is 12.5 Å². The summed E-state index contributed by atoms with van der Waals surface area (Å²) in [5.74, 6) is 0.228. The SMILES string of the molecule is O=[N+]([O-])c1ccc(C(O)C(O)CCCl)s1. The molecule has 2 unspecified atom stereocenters. The molecule has 0 amide bonds. The van der Waals surface area contributed by atoms with E-state index in [0.29, 0.717) is 4.88 Å². The van der Waals surface area contributed by atoms with Gasteiger partial charge in [0.05, 0.1) is 11.0 Å². The normalized spacial score (nSPS) is 14.9. The third-order valence-electron chi connectivity index (χ3n) is 1.85. The molecule has 0 spiro atoms. The van der Waals surface area contributed by atoms with E-state index in [0.717, 1.165) is 11.3 Å². The molecule has 0 saturated carbocycles. The molecule has 1 rings (SSSR count). The Kier molecular flexibility index (Phi) is 4.46. The highest BCUT2D eigenvalue weighted by molar-refractivity contribution is 7.15. The number of nitro groups is 1. The fraction of sp³-hybridized carbons (Fsp3) is 0.500. The van der Waals surface area contributed by atoms with Crippen LogP contribution in [0.2, 0.25) is 0 Å². The molecule has 0 aliphatic carbocycles. The van der Waals surface area contributed by atoms with E-state index in [1.807, 2.05) is 0 Å². The Morgan fingerprint density at radius 1 is 1.53 bits per heavy atom. The van der Waals surface area contributed by atoms with Crippen LogP contribution in [0.25, 0.3) is 0 Å². The van der Waals surface area contributed by atoms with Crippen LogP contribution in [0, 0.1) is 10.1 Å². The fourth-order valence-corrected chi connectivity index (χ4v) is 2.15. The first kappa shape index (κ1) is 12.4. The Hall–Kier alpha value is -0.690. The lowest BCUT2D eigenvalue weighted by molar-refractivity contribution is -0.380. The maximum atomic E-state index is 10.4. The van der Waals surface area contributed by atoms with Gasteiger partial charge in [0.2, 0.25) is 0 Å². The first-order valence-corrected chi connectivity index (χ1v) is 5.57. The van der Waals surface area contributed by atoms with Crippen molar-refractivity contribution in [3.8, 4) is 0 Å². The molecule has 15 heavy (non-hydrogen) atoms. The van der Waals surface area contributed by atoms with Crippen molar-refractivity contribution in [3.63, 3.8) is 0 Å². The minimum absolute atomic E-state index is 0.0536. The van der Waals surface area contributed by atoms with Crippen molar-refractivity contribution in [2.45, 2.75) is 18.6 Å². The van der Waals surface area contributed by atoms with Crippen LogP contribution < -0.4 is 0 Å². The summed E-state index contributed by atoms with van der Waals surface area (Å²) in [6.07, 6.45) is -1.85. The molecule has 0 aromatic carbocycles. The number of hydrogen-bond donors (Lipinski definition) is 2. The van der Waals surface area contributed by atoms with Crippen LogP contribution in [0.1, 0.15) is 17.4 Å². The summed E-state index contributed by atoms with van der Waals surface area (Å²) >= 11 is 6.26. The Balaban J connectivity index is 2.73. The monoisotopic (exact) mass is 251 g/mol. The van der Waals surface area contributed by atoms with Crippen molar-refractivity contribution in [1.29, 1.82) is 0 Å². The lowest BCUT2D eigenvalue weighted by atomic mass is 10.1. The fourth-order valence-electron chi connectivity index (χ4n) is 1.06. The predicted molar refractivity (Wildman–Crippen MR) is 57.3 cm³/mol. The largest absolute Gasteiger partial charge is 0.390 e. The molecule has 84 valence electrons. The number of aliphatic hydroxyl groups excluding tert-OH is 2. The molecule has 0 fully saturated rings. The van der Waals surface area contributed by atoms with Crippen LogP contribution in [0.4, 0.5) is 5.00 Å². The Bertz CT molecular complexity index is 343. The molecule has 0 aliphatic heterocycles. The highest BCUT2D eigenvalue weighted by atomic mass is 35.5. The average molecular weight is 252 g/mol. The summed E-state index contributed by atoms with van der Waals surface area (Å²) in [5, 5.41) is 29.3. The number of nitrogens with zero attached hydrogens (tertiary/aromatic N) is 1. The summed E-state index contributed by atoms with van der Waals surface area (Å²) in [7, 11) is 0. The van der Waals surface area contributed by atoms with Gasteiger partial charge in [0, 0.05) is 16.8 Å². The van der Waals surface area contributed by atoms with E-state index in [-0.39, 0.29) is 17.3 Å². The van der Waals surface area contributed by atoms with Gasteiger partial charge in [0.1, 0.15) is 6.10 Å². The van der Waals surface area contributed by atoms with Crippen LogP contribution >= 0.6 is 22.9 Å². The van der Waals surface area contributed by atoms with Crippen molar-refractivity contribution in [1.82, 2.24) is 0 Å². The lowest BCUT2D eigenvalue weighted by Crippen LogP contribution is -2.17. The third kappa shape index (κ3) is 3.13. The van der Waals surface area contributed by atoms with Crippen LogP contribution in [-0.2, 0) is 0 Å². The van der Waals surface area contributed by atoms with Crippen LogP contribution in [0.15, 0.2) is 12.1 Å². The van der Waals surface area contributed by atoms with Crippen molar-refractivity contribution in [2.24, 2.45) is 0 Å². The van der Waals surface area contributed by atoms with Crippen molar-refractivity contribution < 1.29 is 15.1 Å². The molecule has 1 aromatic heterocycles. The van der Waals surface area contributed by atoms with Gasteiger partial charge >= 0.3 is 5.00 Å². The van der Waals surface area contributed by atoms with Gasteiger partial charge in [0.25, 0.3) is 0 Å². The maximum Gasteiger partial charge on any atom is 0.324 e. The molecule has 0 saturated heterocycles. The second-order valence-corrected chi connectivity index (χ2v) is 4.39. The minimum atomic E-state index is -1.11. The second kappa shape index (κ2) is 5.41. The first-order chi connectivity index (χ1) is 7.06. The summed E-state index contributed by atoms with van der Waals surface area (Å²) in [6, 6.07) is 2.74. The van der Waals surface area contributed by atoms with E-state index in [9.17, 15) is 20.3 Å². The summed E-state index contributed by atoms with van der Waals surface area (Å²) < 4.78 is 0. The van der Waals surface area contributed by atoms with Crippen molar-refractivity contribution in [3.05, 3.63) is 27.1 Å². The zero-order valence-electron chi connectivity index (χ0n) is 7.67. The first-order valence-electron chi connectivity index (χ1n) is 4.22. The van der Waals surface area contributed by atoms with Crippen molar-refractivity contribution >= 4 is 27.9 Å². The molecular formula is C8H10ClNO4S. The summed E-state index contributed by atoms with van der Waals surface area (Å²) in [5.41, 5.74) is 0. The van der Waals surface area contributed by atoms with E-state index in [1.54, 1.807) is 0 Å². The van der Waals surface area contributed by atoms with E-state index < -0.39 is 17.1 Å². The summed E-state index contributed by atoms with van der Waals surface area (Å²) in [4.78, 5) is 10.2. The van der Waals surface area contributed by atoms with Gasteiger partial charge in [0.15, 0.2) is 0 Å². The standard InChI is InChI=1S/C8H10ClNO4S/c9-4-3-5(11)8(12)6-1-2-7(15-6)10(13)14/h1-2,5,8,11-12H,3-4H2. The quantitative estimate of drug-likeness (QED) is 0.474.